The Hall–Kier alpha value is -0.420. The van der Waals surface area contributed by atoms with E-state index >= 15 is 0 Å². The maximum atomic E-state index is 9.69. The zero-order valence-corrected chi connectivity index (χ0v) is 12.4. The Morgan fingerprint density at radius 2 is 2.00 bits per heavy atom. The molecule has 2 heterocycles. The second kappa shape index (κ2) is 5.70. The normalized spacial score (nSPS) is 20.0. The standard InChI is InChI=1S/C14H24N2OS/c1-14(2,3)13-5-4-12(18-13)11(10-17)16-8-6-15-7-9-16/h4-5,11,15,17H,6-10H2,1-3H3. The first-order chi connectivity index (χ1) is 8.52. The topological polar surface area (TPSA) is 35.5 Å². The summed E-state index contributed by atoms with van der Waals surface area (Å²) < 4.78 is 0. The third kappa shape index (κ3) is 3.12. The first kappa shape index (κ1) is 14.0. The van der Waals surface area contributed by atoms with Gasteiger partial charge in [0.25, 0.3) is 0 Å². The second-order valence-electron chi connectivity index (χ2n) is 5.94. The number of aliphatic hydroxyl groups excluding tert-OH is 1. The van der Waals surface area contributed by atoms with E-state index in [9.17, 15) is 5.11 Å². The highest BCUT2D eigenvalue weighted by Crippen LogP contribution is 2.34. The lowest BCUT2D eigenvalue weighted by atomic mass is 9.95. The van der Waals surface area contributed by atoms with Crippen molar-refractivity contribution < 1.29 is 5.11 Å². The maximum Gasteiger partial charge on any atom is 0.0675 e. The van der Waals surface area contributed by atoms with Crippen molar-refractivity contribution in [3.05, 3.63) is 21.9 Å². The van der Waals surface area contributed by atoms with Gasteiger partial charge in [-0.15, -0.1) is 11.3 Å². The van der Waals surface area contributed by atoms with Crippen molar-refractivity contribution in [1.29, 1.82) is 0 Å². The predicted molar refractivity (Wildman–Crippen MR) is 77.3 cm³/mol. The van der Waals surface area contributed by atoms with Crippen LogP contribution in [0, 0.1) is 0 Å². The van der Waals surface area contributed by atoms with E-state index in [-0.39, 0.29) is 18.1 Å². The Morgan fingerprint density at radius 1 is 1.33 bits per heavy atom. The summed E-state index contributed by atoms with van der Waals surface area (Å²) in [6.07, 6.45) is 0. The van der Waals surface area contributed by atoms with Crippen LogP contribution in [0.2, 0.25) is 0 Å². The van der Waals surface area contributed by atoms with E-state index in [1.807, 2.05) is 11.3 Å². The first-order valence-electron chi connectivity index (χ1n) is 6.68. The molecule has 0 aliphatic carbocycles. The van der Waals surface area contributed by atoms with Crippen molar-refractivity contribution in [3.63, 3.8) is 0 Å². The number of nitrogens with one attached hydrogen (secondary N) is 1. The van der Waals surface area contributed by atoms with Crippen molar-refractivity contribution in [2.75, 3.05) is 32.8 Å². The molecule has 4 heteroatoms. The molecule has 1 atom stereocenters. The minimum atomic E-state index is 0.174. The fourth-order valence-electron chi connectivity index (χ4n) is 2.31. The molecular formula is C14H24N2OS. The van der Waals surface area contributed by atoms with Crippen LogP contribution in [0.25, 0.3) is 0 Å². The molecule has 1 unspecified atom stereocenters. The molecule has 18 heavy (non-hydrogen) atoms. The van der Waals surface area contributed by atoms with Gasteiger partial charge in [0.2, 0.25) is 0 Å². The number of hydrogen-bond acceptors (Lipinski definition) is 4. The van der Waals surface area contributed by atoms with Crippen molar-refractivity contribution >= 4 is 11.3 Å². The molecule has 0 spiro atoms. The van der Waals surface area contributed by atoms with Gasteiger partial charge in [0.1, 0.15) is 0 Å². The van der Waals surface area contributed by atoms with Gasteiger partial charge in [-0.25, -0.2) is 0 Å². The molecule has 0 radical (unpaired) electrons. The number of rotatable bonds is 3. The monoisotopic (exact) mass is 268 g/mol. The molecule has 1 fully saturated rings. The smallest absolute Gasteiger partial charge is 0.0675 e. The summed E-state index contributed by atoms with van der Waals surface area (Å²) in [7, 11) is 0. The summed E-state index contributed by atoms with van der Waals surface area (Å²) in [5.41, 5.74) is 0.201. The molecule has 0 saturated carbocycles. The fourth-order valence-corrected chi connectivity index (χ4v) is 3.51. The first-order valence-corrected chi connectivity index (χ1v) is 7.50. The van der Waals surface area contributed by atoms with E-state index in [0.29, 0.717) is 0 Å². The Bertz CT molecular complexity index is 377. The molecule has 3 nitrogen and oxygen atoms in total. The highest BCUT2D eigenvalue weighted by atomic mass is 32.1. The average molecular weight is 268 g/mol. The minimum absolute atomic E-state index is 0.174. The summed E-state index contributed by atoms with van der Waals surface area (Å²) in [6.45, 7) is 11.0. The Balaban J connectivity index is 2.14. The number of hydrogen-bond donors (Lipinski definition) is 2. The van der Waals surface area contributed by atoms with Gasteiger partial charge in [-0.1, -0.05) is 20.8 Å². The molecular weight excluding hydrogens is 244 g/mol. The summed E-state index contributed by atoms with van der Waals surface area (Å²) in [6, 6.07) is 4.58. The highest BCUT2D eigenvalue weighted by molar-refractivity contribution is 7.12. The van der Waals surface area contributed by atoms with E-state index in [4.69, 9.17) is 0 Å². The van der Waals surface area contributed by atoms with Crippen LogP contribution in [0.1, 0.15) is 36.6 Å². The highest BCUT2D eigenvalue weighted by Gasteiger charge is 2.24. The molecule has 1 aliphatic rings. The Kier molecular flexibility index (Phi) is 4.43. The average Bonchev–Trinajstić information content (AvgIpc) is 2.81. The zero-order chi connectivity index (χ0) is 13.2. The SMILES string of the molecule is CC(C)(C)c1ccc(C(CO)N2CCNCC2)s1. The second-order valence-corrected chi connectivity index (χ2v) is 7.05. The third-order valence-electron chi connectivity index (χ3n) is 3.46. The van der Waals surface area contributed by atoms with Crippen molar-refractivity contribution in [2.24, 2.45) is 0 Å². The molecule has 102 valence electrons. The van der Waals surface area contributed by atoms with Crippen LogP contribution >= 0.6 is 11.3 Å². The van der Waals surface area contributed by atoms with Crippen LogP contribution in [0.5, 0.6) is 0 Å². The molecule has 0 aromatic carbocycles. The molecule has 0 amide bonds. The van der Waals surface area contributed by atoms with Gasteiger partial charge < -0.3 is 10.4 Å². The maximum absolute atomic E-state index is 9.69. The number of aliphatic hydroxyl groups is 1. The van der Waals surface area contributed by atoms with Crippen molar-refractivity contribution in [2.45, 2.75) is 32.2 Å². The third-order valence-corrected chi connectivity index (χ3v) is 5.07. The molecule has 2 N–H and O–H groups in total. The van der Waals surface area contributed by atoms with Crippen LogP contribution in [0.3, 0.4) is 0 Å². The van der Waals surface area contributed by atoms with Crippen molar-refractivity contribution in [3.8, 4) is 0 Å². The Labute approximate surface area is 114 Å². The van der Waals surface area contributed by atoms with E-state index in [2.05, 4.69) is 43.1 Å². The summed E-state index contributed by atoms with van der Waals surface area (Å²) in [4.78, 5) is 5.07. The quantitative estimate of drug-likeness (QED) is 0.880. The number of piperazine rings is 1. The van der Waals surface area contributed by atoms with E-state index in [0.717, 1.165) is 26.2 Å². The lowest BCUT2D eigenvalue weighted by molar-refractivity contribution is 0.113. The lowest BCUT2D eigenvalue weighted by Crippen LogP contribution is -2.45. The zero-order valence-electron chi connectivity index (χ0n) is 11.6. The summed E-state index contributed by atoms with van der Waals surface area (Å²) in [5, 5.41) is 13.0. The van der Waals surface area contributed by atoms with Crippen LogP contribution in [0.15, 0.2) is 12.1 Å². The van der Waals surface area contributed by atoms with Gasteiger partial charge in [0.15, 0.2) is 0 Å². The van der Waals surface area contributed by atoms with Gasteiger partial charge in [-0.3, -0.25) is 4.90 Å². The van der Waals surface area contributed by atoms with Crippen LogP contribution in [-0.4, -0.2) is 42.8 Å². The molecule has 1 saturated heterocycles. The largest absolute Gasteiger partial charge is 0.394 e. The van der Waals surface area contributed by atoms with Crippen LogP contribution in [0.4, 0.5) is 0 Å². The van der Waals surface area contributed by atoms with E-state index in [1.54, 1.807) is 0 Å². The molecule has 2 rings (SSSR count). The number of nitrogens with zero attached hydrogens (tertiary/aromatic N) is 1. The van der Waals surface area contributed by atoms with Gasteiger partial charge in [0, 0.05) is 35.9 Å². The van der Waals surface area contributed by atoms with Crippen LogP contribution < -0.4 is 5.32 Å². The molecule has 1 aliphatic heterocycles. The van der Waals surface area contributed by atoms with E-state index in [1.165, 1.54) is 9.75 Å². The van der Waals surface area contributed by atoms with Crippen LogP contribution in [-0.2, 0) is 5.41 Å². The van der Waals surface area contributed by atoms with Gasteiger partial charge >= 0.3 is 0 Å². The van der Waals surface area contributed by atoms with Gasteiger partial charge in [-0.2, -0.15) is 0 Å². The fraction of sp³-hybridized carbons (Fsp3) is 0.714. The lowest BCUT2D eigenvalue weighted by Gasteiger charge is -2.33. The summed E-state index contributed by atoms with van der Waals surface area (Å²) in [5.74, 6) is 0. The molecule has 1 aromatic heterocycles. The molecule has 0 bridgehead atoms. The summed E-state index contributed by atoms with van der Waals surface area (Å²) >= 11 is 1.84. The molecule has 1 aromatic rings. The number of thiophene rings is 1. The van der Waals surface area contributed by atoms with Crippen molar-refractivity contribution in [1.82, 2.24) is 10.2 Å². The Morgan fingerprint density at radius 3 is 2.50 bits per heavy atom. The van der Waals surface area contributed by atoms with Gasteiger partial charge in [0.05, 0.1) is 12.6 Å². The van der Waals surface area contributed by atoms with E-state index < -0.39 is 0 Å². The minimum Gasteiger partial charge on any atom is -0.394 e. The van der Waals surface area contributed by atoms with Gasteiger partial charge in [-0.05, 0) is 17.5 Å². The predicted octanol–water partition coefficient (Wildman–Crippen LogP) is 1.98.